The summed E-state index contributed by atoms with van der Waals surface area (Å²) in [6.45, 7) is 0.0636. The zero-order chi connectivity index (χ0) is 17.5. The number of anilines is 1. The van der Waals surface area contributed by atoms with Gasteiger partial charge in [-0.05, 0) is 23.7 Å². The van der Waals surface area contributed by atoms with Gasteiger partial charge in [-0.15, -0.1) is 0 Å². The predicted molar refractivity (Wildman–Crippen MR) is 86.4 cm³/mol. The summed E-state index contributed by atoms with van der Waals surface area (Å²) in [5.74, 6) is -0.301. The molecule has 0 aliphatic carbocycles. The highest BCUT2D eigenvalue weighted by Gasteiger charge is 2.13. The Morgan fingerprint density at radius 2 is 2.12 bits per heavy atom. The standard InChI is InChI=1S/C13H12ClFN6O2S/c1-21-12-9(6-18-21)11(19-13(14)20-12)17-5-7-2-3-8(4-10(7)15)24(16,22)23/h2-4,6H,5H2,1H3,(H2,16,22,23)(H,17,19,20). The number of nitrogens with two attached hydrogens (primary N) is 1. The van der Waals surface area contributed by atoms with Gasteiger partial charge in [0.25, 0.3) is 0 Å². The molecule has 3 N–H and O–H groups in total. The summed E-state index contributed by atoms with van der Waals surface area (Å²) < 4.78 is 38.0. The summed E-state index contributed by atoms with van der Waals surface area (Å²) in [4.78, 5) is 7.85. The van der Waals surface area contributed by atoms with E-state index in [0.717, 1.165) is 6.07 Å². The molecule has 1 aromatic carbocycles. The molecule has 0 atom stereocenters. The molecule has 0 aliphatic rings. The first-order chi connectivity index (χ1) is 11.3. The summed E-state index contributed by atoms with van der Waals surface area (Å²) >= 11 is 5.88. The molecule has 0 spiro atoms. The van der Waals surface area contributed by atoms with Crippen LogP contribution in [0, 0.1) is 5.82 Å². The maximum Gasteiger partial charge on any atom is 0.238 e. The zero-order valence-electron chi connectivity index (χ0n) is 12.4. The van der Waals surface area contributed by atoms with E-state index in [-0.39, 0.29) is 22.3 Å². The lowest BCUT2D eigenvalue weighted by molar-refractivity contribution is 0.589. The van der Waals surface area contributed by atoms with Gasteiger partial charge in [0.05, 0.1) is 16.5 Å². The molecule has 0 amide bonds. The maximum atomic E-state index is 14.0. The van der Waals surface area contributed by atoms with Crippen molar-refractivity contribution in [1.82, 2.24) is 19.7 Å². The van der Waals surface area contributed by atoms with Crippen molar-refractivity contribution < 1.29 is 12.8 Å². The second-order valence-corrected chi connectivity index (χ2v) is 6.90. The Hall–Kier alpha value is -2.30. The van der Waals surface area contributed by atoms with Crippen LogP contribution in [0.5, 0.6) is 0 Å². The van der Waals surface area contributed by atoms with Gasteiger partial charge in [0.2, 0.25) is 15.3 Å². The first-order valence-corrected chi connectivity index (χ1v) is 8.58. The second kappa shape index (κ2) is 5.96. The molecule has 3 rings (SSSR count). The first kappa shape index (κ1) is 16.6. The summed E-state index contributed by atoms with van der Waals surface area (Å²) in [6.07, 6.45) is 1.56. The van der Waals surface area contributed by atoms with Gasteiger partial charge < -0.3 is 5.32 Å². The van der Waals surface area contributed by atoms with Gasteiger partial charge >= 0.3 is 0 Å². The van der Waals surface area contributed by atoms with Gasteiger partial charge in [0.15, 0.2) is 5.65 Å². The number of primary sulfonamides is 1. The van der Waals surface area contributed by atoms with E-state index in [1.165, 1.54) is 16.8 Å². The van der Waals surface area contributed by atoms with Crippen LogP contribution in [0.2, 0.25) is 5.28 Å². The SMILES string of the molecule is Cn1ncc2c(NCc3ccc(S(N)(=O)=O)cc3F)nc(Cl)nc21. The molecule has 2 aromatic heterocycles. The van der Waals surface area contributed by atoms with Gasteiger partial charge in [0.1, 0.15) is 11.6 Å². The average Bonchev–Trinajstić information content (AvgIpc) is 2.86. The van der Waals surface area contributed by atoms with Crippen LogP contribution in [0.15, 0.2) is 29.3 Å². The topological polar surface area (TPSA) is 116 Å². The first-order valence-electron chi connectivity index (χ1n) is 6.66. The lowest BCUT2D eigenvalue weighted by Gasteiger charge is -2.09. The Morgan fingerprint density at radius 1 is 1.38 bits per heavy atom. The molecule has 2 heterocycles. The van der Waals surface area contributed by atoms with E-state index in [9.17, 15) is 12.8 Å². The lowest BCUT2D eigenvalue weighted by Crippen LogP contribution is -2.13. The normalized spacial score (nSPS) is 11.8. The third-order valence-electron chi connectivity index (χ3n) is 3.36. The highest BCUT2D eigenvalue weighted by molar-refractivity contribution is 7.89. The average molecular weight is 371 g/mol. The van der Waals surface area contributed by atoms with E-state index in [4.69, 9.17) is 16.7 Å². The van der Waals surface area contributed by atoms with Crippen molar-refractivity contribution in [2.45, 2.75) is 11.4 Å². The Bertz CT molecular complexity index is 1040. The molecule has 0 aliphatic heterocycles. The largest absolute Gasteiger partial charge is 0.365 e. The number of halogens is 2. The summed E-state index contributed by atoms with van der Waals surface area (Å²) in [7, 11) is -2.24. The molecule has 0 saturated heterocycles. The van der Waals surface area contributed by atoms with Crippen molar-refractivity contribution in [3.05, 3.63) is 41.1 Å². The van der Waals surface area contributed by atoms with Crippen LogP contribution in [0.4, 0.5) is 10.2 Å². The van der Waals surface area contributed by atoms with Crippen molar-refractivity contribution in [2.75, 3.05) is 5.32 Å². The van der Waals surface area contributed by atoms with E-state index in [1.54, 1.807) is 13.2 Å². The molecule has 0 radical (unpaired) electrons. The minimum absolute atomic E-state index is 0.0265. The van der Waals surface area contributed by atoms with E-state index < -0.39 is 15.8 Å². The molecule has 0 unspecified atom stereocenters. The van der Waals surface area contributed by atoms with Crippen LogP contribution >= 0.6 is 11.6 Å². The van der Waals surface area contributed by atoms with Crippen molar-refractivity contribution in [1.29, 1.82) is 0 Å². The fraction of sp³-hybridized carbons (Fsp3) is 0.154. The van der Waals surface area contributed by atoms with E-state index in [2.05, 4.69) is 20.4 Å². The van der Waals surface area contributed by atoms with Gasteiger partial charge in [-0.2, -0.15) is 15.1 Å². The fourth-order valence-electron chi connectivity index (χ4n) is 2.16. The van der Waals surface area contributed by atoms with E-state index in [1.807, 2.05) is 0 Å². The Labute approximate surface area is 141 Å². The number of rotatable bonds is 4. The highest BCUT2D eigenvalue weighted by atomic mass is 35.5. The number of hydrogen-bond acceptors (Lipinski definition) is 6. The Morgan fingerprint density at radius 3 is 2.79 bits per heavy atom. The molecular weight excluding hydrogens is 359 g/mol. The van der Waals surface area contributed by atoms with Gasteiger partial charge in [-0.3, -0.25) is 4.68 Å². The number of aryl methyl sites for hydroxylation is 1. The van der Waals surface area contributed by atoms with Gasteiger partial charge in [-0.25, -0.2) is 17.9 Å². The quantitative estimate of drug-likeness (QED) is 0.671. The Balaban J connectivity index is 1.89. The van der Waals surface area contributed by atoms with Crippen molar-refractivity contribution in [2.24, 2.45) is 12.2 Å². The van der Waals surface area contributed by atoms with Crippen molar-refractivity contribution in [3.63, 3.8) is 0 Å². The van der Waals surface area contributed by atoms with Crippen molar-refractivity contribution in [3.8, 4) is 0 Å². The van der Waals surface area contributed by atoms with Gasteiger partial charge in [-0.1, -0.05) is 6.07 Å². The lowest BCUT2D eigenvalue weighted by atomic mass is 10.2. The van der Waals surface area contributed by atoms with E-state index in [0.29, 0.717) is 16.9 Å². The summed E-state index contributed by atoms with van der Waals surface area (Å²) in [6, 6.07) is 3.45. The van der Waals surface area contributed by atoms with Crippen LogP contribution in [-0.4, -0.2) is 28.2 Å². The number of aromatic nitrogens is 4. The van der Waals surface area contributed by atoms with Crippen LogP contribution in [0.25, 0.3) is 11.0 Å². The molecule has 11 heteroatoms. The maximum absolute atomic E-state index is 14.0. The predicted octanol–water partition coefficient (Wildman–Crippen LogP) is 1.42. The minimum atomic E-state index is -3.95. The summed E-state index contributed by atoms with van der Waals surface area (Å²) in [5.41, 5.74) is 0.775. The molecular formula is C13H12ClFN6O2S. The molecule has 0 bridgehead atoms. The fourth-order valence-corrected chi connectivity index (χ4v) is 2.85. The van der Waals surface area contributed by atoms with Crippen molar-refractivity contribution >= 4 is 38.5 Å². The van der Waals surface area contributed by atoms with Crippen LogP contribution in [0.1, 0.15) is 5.56 Å². The van der Waals surface area contributed by atoms with E-state index >= 15 is 0 Å². The summed E-state index contributed by atoms with van der Waals surface area (Å²) in [5, 5.41) is 12.6. The number of nitrogens with one attached hydrogen (secondary N) is 1. The number of nitrogens with zero attached hydrogens (tertiary/aromatic N) is 4. The highest BCUT2D eigenvalue weighted by Crippen LogP contribution is 2.22. The molecule has 3 aromatic rings. The zero-order valence-corrected chi connectivity index (χ0v) is 13.9. The number of hydrogen-bond donors (Lipinski definition) is 2. The minimum Gasteiger partial charge on any atom is -0.365 e. The monoisotopic (exact) mass is 370 g/mol. The molecule has 0 saturated carbocycles. The van der Waals surface area contributed by atoms with Gasteiger partial charge in [0, 0.05) is 19.2 Å². The Kier molecular flexibility index (Phi) is 4.11. The smallest absolute Gasteiger partial charge is 0.238 e. The number of fused-ring (bicyclic) bond motifs is 1. The van der Waals surface area contributed by atoms with Crippen LogP contribution in [-0.2, 0) is 23.6 Å². The van der Waals surface area contributed by atoms with Crippen LogP contribution < -0.4 is 10.5 Å². The molecule has 8 nitrogen and oxygen atoms in total. The number of benzene rings is 1. The third-order valence-corrected chi connectivity index (χ3v) is 4.44. The third kappa shape index (κ3) is 3.16. The van der Waals surface area contributed by atoms with Crippen LogP contribution in [0.3, 0.4) is 0 Å². The molecule has 24 heavy (non-hydrogen) atoms. The molecule has 126 valence electrons. The second-order valence-electron chi connectivity index (χ2n) is 5.00. The number of sulfonamides is 1. The molecule has 0 fully saturated rings.